The number of thioether (sulfide) groups is 1. The maximum absolute atomic E-state index is 12.5. The van der Waals surface area contributed by atoms with Gasteiger partial charge >= 0.3 is 11.9 Å². The number of carboxylic acids is 1. The Morgan fingerprint density at radius 3 is 2.75 bits per heavy atom. The van der Waals surface area contributed by atoms with Crippen LogP contribution >= 0.6 is 23.4 Å². The predicted octanol–water partition coefficient (Wildman–Crippen LogP) is 0.147. The molecular formula is C16H17ClN4O6S. The van der Waals surface area contributed by atoms with Gasteiger partial charge in [-0.3, -0.25) is 24.0 Å². The van der Waals surface area contributed by atoms with E-state index in [2.05, 4.69) is 10.4 Å². The number of hydrogen-bond acceptors (Lipinski definition) is 7. The van der Waals surface area contributed by atoms with Crippen molar-refractivity contribution in [1.82, 2.24) is 20.0 Å². The van der Waals surface area contributed by atoms with Crippen molar-refractivity contribution in [2.24, 2.45) is 0 Å². The van der Waals surface area contributed by atoms with Gasteiger partial charge in [0.1, 0.15) is 30.3 Å². The molecule has 0 bridgehead atoms. The van der Waals surface area contributed by atoms with Gasteiger partial charge in [-0.1, -0.05) is 11.6 Å². The maximum atomic E-state index is 12.5. The lowest BCUT2D eigenvalue weighted by molar-refractivity contribution is -0.151. The van der Waals surface area contributed by atoms with Crippen LogP contribution in [0.2, 0.25) is 5.02 Å². The second-order valence-electron chi connectivity index (χ2n) is 6.23. The molecule has 2 atom stereocenters. The minimum atomic E-state index is -1.28. The number of nitrogens with zero attached hydrogens (tertiary/aromatic N) is 3. The van der Waals surface area contributed by atoms with Gasteiger partial charge in [-0.15, -0.1) is 11.8 Å². The van der Waals surface area contributed by atoms with Crippen LogP contribution < -0.4 is 5.32 Å². The lowest BCUT2D eigenvalue weighted by atomic mass is 10.0. The topological polar surface area (TPSA) is 131 Å². The molecule has 10 nitrogen and oxygen atoms in total. The van der Waals surface area contributed by atoms with Crippen molar-refractivity contribution >= 4 is 47.1 Å². The summed E-state index contributed by atoms with van der Waals surface area (Å²) in [7, 11) is 0. The third-order valence-electron chi connectivity index (χ3n) is 4.35. The van der Waals surface area contributed by atoms with E-state index >= 15 is 0 Å². The summed E-state index contributed by atoms with van der Waals surface area (Å²) in [4.78, 5) is 48.5. The standard InChI is InChI=1S/C16H17ClN4O6S/c1-7-10(17)3-18-20(7)4-11(23)19-12-14(24)21-13(16(25)26)9(5-27-8(2)22)6-28-15(12)21/h3,12,15H,4-6H2,1-2H3,(H,19,23)(H,25,26). The van der Waals surface area contributed by atoms with Gasteiger partial charge in [0, 0.05) is 18.2 Å². The number of β-lactam (4-membered cyclic amide) rings is 1. The second kappa shape index (κ2) is 7.84. The number of carboxylic acid groups (broad SMARTS) is 1. The van der Waals surface area contributed by atoms with E-state index in [4.69, 9.17) is 16.3 Å². The highest BCUT2D eigenvalue weighted by Gasteiger charge is 2.54. The number of aromatic nitrogens is 2. The largest absolute Gasteiger partial charge is 0.477 e. The molecule has 3 heterocycles. The van der Waals surface area contributed by atoms with Crippen LogP contribution in [0.4, 0.5) is 0 Å². The summed E-state index contributed by atoms with van der Waals surface area (Å²) in [6.07, 6.45) is 1.42. The zero-order chi connectivity index (χ0) is 20.6. The van der Waals surface area contributed by atoms with Crippen LogP contribution in [0.25, 0.3) is 0 Å². The van der Waals surface area contributed by atoms with Crippen molar-refractivity contribution in [3.05, 3.63) is 28.2 Å². The summed E-state index contributed by atoms with van der Waals surface area (Å²) < 4.78 is 6.28. The molecule has 2 unspecified atom stereocenters. The van der Waals surface area contributed by atoms with E-state index in [0.29, 0.717) is 16.3 Å². The molecule has 150 valence electrons. The van der Waals surface area contributed by atoms with Gasteiger partial charge in [0.25, 0.3) is 5.91 Å². The highest BCUT2D eigenvalue weighted by Crippen LogP contribution is 2.40. The first-order valence-corrected chi connectivity index (χ1v) is 9.64. The average Bonchev–Trinajstić information content (AvgIpc) is 2.95. The van der Waals surface area contributed by atoms with E-state index in [9.17, 15) is 24.3 Å². The zero-order valence-electron chi connectivity index (χ0n) is 15.0. The Kier molecular flexibility index (Phi) is 5.66. The SMILES string of the molecule is CC(=O)OCC1=C(C(=O)O)N2C(=O)C(NC(=O)Cn3ncc(Cl)c3C)C2SC1. The molecule has 1 aromatic rings. The molecule has 28 heavy (non-hydrogen) atoms. The van der Waals surface area contributed by atoms with Gasteiger partial charge in [-0.25, -0.2) is 4.79 Å². The fourth-order valence-electron chi connectivity index (χ4n) is 2.92. The van der Waals surface area contributed by atoms with Crippen molar-refractivity contribution in [3.8, 4) is 0 Å². The molecule has 2 aliphatic heterocycles. The molecule has 1 saturated heterocycles. The molecular weight excluding hydrogens is 412 g/mol. The van der Waals surface area contributed by atoms with Gasteiger partial charge in [-0.2, -0.15) is 5.10 Å². The number of carbonyl (C=O) groups is 4. The molecule has 3 rings (SSSR count). The summed E-state index contributed by atoms with van der Waals surface area (Å²) in [5.74, 6) is -2.53. The van der Waals surface area contributed by atoms with Crippen LogP contribution in [0.1, 0.15) is 12.6 Å². The number of carbonyl (C=O) groups excluding carboxylic acids is 3. The van der Waals surface area contributed by atoms with E-state index in [1.54, 1.807) is 6.92 Å². The third kappa shape index (κ3) is 3.72. The van der Waals surface area contributed by atoms with Crippen LogP contribution in [-0.4, -0.2) is 67.3 Å². The molecule has 1 aromatic heterocycles. The van der Waals surface area contributed by atoms with Gasteiger partial charge in [-0.05, 0) is 6.92 Å². The highest BCUT2D eigenvalue weighted by atomic mass is 35.5. The average molecular weight is 429 g/mol. The van der Waals surface area contributed by atoms with Crippen molar-refractivity contribution in [2.75, 3.05) is 12.4 Å². The third-order valence-corrected chi connectivity index (χ3v) is 6.06. The van der Waals surface area contributed by atoms with Crippen LogP contribution in [0.15, 0.2) is 17.5 Å². The summed E-state index contributed by atoms with van der Waals surface area (Å²) in [5.41, 5.74) is 0.760. The summed E-state index contributed by atoms with van der Waals surface area (Å²) >= 11 is 7.20. The van der Waals surface area contributed by atoms with E-state index in [1.807, 2.05) is 0 Å². The first-order valence-electron chi connectivity index (χ1n) is 8.21. The number of rotatable bonds is 6. The first kappa shape index (κ1) is 20.2. The predicted molar refractivity (Wildman–Crippen MR) is 98.3 cm³/mol. The van der Waals surface area contributed by atoms with E-state index in [-0.39, 0.29) is 24.6 Å². The molecule has 0 spiro atoms. The molecule has 0 aromatic carbocycles. The van der Waals surface area contributed by atoms with Gasteiger partial charge in [0.2, 0.25) is 5.91 Å². The fourth-order valence-corrected chi connectivity index (χ4v) is 4.39. The Morgan fingerprint density at radius 1 is 1.46 bits per heavy atom. The number of amides is 2. The molecule has 2 aliphatic rings. The van der Waals surface area contributed by atoms with Crippen LogP contribution in [-0.2, 0) is 30.5 Å². The highest BCUT2D eigenvalue weighted by molar-refractivity contribution is 8.00. The van der Waals surface area contributed by atoms with E-state index in [1.165, 1.54) is 29.6 Å². The van der Waals surface area contributed by atoms with Crippen molar-refractivity contribution in [3.63, 3.8) is 0 Å². The second-order valence-corrected chi connectivity index (χ2v) is 7.74. The van der Waals surface area contributed by atoms with Crippen molar-refractivity contribution < 1.29 is 29.0 Å². The van der Waals surface area contributed by atoms with Crippen LogP contribution in [0, 0.1) is 6.92 Å². The lowest BCUT2D eigenvalue weighted by Crippen LogP contribution is -2.70. The summed E-state index contributed by atoms with van der Waals surface area (Å²) in [6, 6.07) is -0.839. The number of ether oxygens (including phenoxy) is 1. The van der Waals surface area contributed by atoms with Crippen LogP contribution in [0.5, 0.6) is 0 Å². The first-order chi connectivity index (χ1) is 13.2. The Bertz CT molecular complexity index is 898. The number of hydrogen-bond donors (Lipinski definition) is 2. The molecule has 0 aliphatic carbocycles. The minimum Gasteiger partial charge on any atom is -0.477 e. The Labute approximate surface area is 168 Å². The Balaban J connectivity index is 1.69. The fraction of sp³-hybridized carbons (Fsp3) is 0.438. The number of fused-ring (bicyclic) bond motifs is 1. The molecule has 1 fully saturated rings. The smallest absolute Gasteiger partial charge is 0.352 e. The number of halogens is 1. The molecule has 0 saturated carbocycles. The molecule has 2 amide bonds. The van der Waals surface area contributed by atoms with E-state index in [0.717, 1.165) is 4.90 Å². The van der Waals surface area contributed by atoms with Crippen molar-refractivity contribution in [2.45, 2.75) is 31.8 Å². The molecule has 2 N–H and O–H groups in total. The van der Waals surface area contributed by atoms with Gasteiger partial charge in [0.15, 0.2) is 0 Å². The monoisotopic (exact) mass is 428 g/mol. The number of esters is 1. The lowest BCUT2D eigenvalue weighted by Gasteiger charge is -2.49. The number of aliphatic carboxylic acids is 1. The normalized spacial score (nSPS) is 21.1. The van der Waals surface area contributed by atoms with Crippen molar-refractivity contribution in [1.29, 1.82) is 0 Å². The quantitative estimate of drug-likeness (QED) is 0.483. The Hall–Kier alpha value is -2.53. The minimum absolute atomic E-state index is 0.112. The van der Waals surface area contributed by atoms with Gasteiger partial charge < -0.3 is 15.2 Å². The maximum Gasteiger partial charge on any atom is 0.352 e. The summed E-state index contributed by atoms with van der Waals surface area (Å²) in [5, 5.41) is 16.0. The Morgan fingerprint density at radius 2 is 2.18 bits per heavy atom. The van der Waals surface area contributed by atoms with E-state index < -0.39 is 35.2 Å². The number of nitrogens with one attached hydrogen (secondary N) is 1. The summed E-state index contributed by atoms with van der Waals surface area (Å²) in [6.45, 7) is 2.62. The van der Waals surface area contributed by atoms with Gasteiger partial charge in [0.05, 0.1) is 16.9 Å². The molecule has 0 radical (unpaired) electrons. The zero-order valence-corrected chi connectivity index (χ0v) is 16.5. The molecule has 12 heteroatoms. The van der Waals surface area contributed by atoms with Crippen LogP contribution in [0.3, 0.4) is 0 Å².